The minimum Gasteiger partial charge on any atom is -0.388 e. The number of aromatic nitrogens is 2. The van der Waals surface area contributed by atoms with Crippen molar-refractivity contribution in [3.63, 3.8) is 0 Å². The third kappa shape index (κ3) is 2.99. The molecule has 1 aromatic heterocycles. The van der Waals surface area contributed by atoms with Crippen molar-refractivity contribution in [1.29, 1.82) is 0 Å². The van der Waals surface area contributed by atoms with Crippen LogP contribution in [-0.2, 0) is 4.74 Å². The van der Waals surface area contributed by atoms with Gasteiger partial charge in [-0.2, -0.15) is 0 Å². The minimum atomic E-state index is -0.700. The molecule has 2 aromatic rings. The largest absolute Gasteiger partial charge is 0.388 e. The van der Waals surface area contributed by atoms with E-state index < -0.39 is 5.60 Å². The molecule has 1 aromatic carbocycles. The summed E-state index contributed by atoms with van der Waals surface area (Å²) in [6.45, 7) is 3.85. The maximum Gasteiger partial charge on any atom is 0.139 e. The van der Waals surface area contributed by atoms with Crippen LogP contribution < -0.4 is 4.90 Å². The van der Waals surface area contributed by atoms with E-state index in [1.165, 1.54) is 5.56 Å². The number of hydrogen-bond acceptors (Lipinski definition) is 5. The Labute approximate surface area is 124 Å². The van der Waals surface area contributed by atoms with Crippen LogP contribution in [0, 0.1) is 6.92 Å². The van der Waals surface area contributed by atoms with Crippen LogP contribution in [0.1, 0.15) is 18.4 Å². The zero-order chi connectivity index (χ0) is 14.9. The molecule has 0 amide bonds. The molecule has 0 atom stereocenters. The Balaban J connectivity index is 1.90. The molecule has 0 bridgehead atoms. The second kappa shape index (κ2) is 5.58. The zero-order valence-electron chi connectivity index (χ0n) is 12.5. The lowest BCUT2D eigenvalue weighted by molar-refractivity contribution is -0.0573. The molecule has 0 aliphatic carbocycles. The van der Waals surface area contributed by atoms with Gasteiger partial charge in [0.25, 0.3) is 0 Å². The predicted octanol–water partition coefficient (Wildman–Crippen LogP) is 1.92. The number of ether oxygens (including phenoxy) is 1. The Hall–Kier alpha value is -1.72. The Bertz CT molecular complexity index is 638. The predicted molar refractivity (Wildman–Crippen MR) is 82.5 cm³/mol. The molecule has 21 heavy (non-hydrogen) atoms. The van der Waals surface area contributed by atoms with Gasteiger partial charge in [-0.05, 0) is 19.1 Å². The van der Waals surface area contributed by atoms with Crippen LogP contribution in [0.2, 0.25) is 0 Å². The molecule has 0 spiro atoms. The van der Waals surface area contributed by atoms with Crippen molar-refractivity contribution in [2.24, 2.45) is 0 Å². The van der Waals surface area contributed by atoms with Gasteiger partial charge in [0.1, 0.15) is 12.1 Å². The fourth-order valence-electron chi connectivity index (χ4n) is 2.89. The molecule has 1 aliphatic rings. The van der Waals surface area contributed by atoms with Gasteiger partial charge in [0.05, 0.1) is 11.1 Å². The van der Waals surface area contributed by atoms with E-state index in [1.807, 2.05) is 24.1 Å². The van der Waals surface area contributed by atoms with Gasteiger partial charge >= 0.3 is 0 Å². The SMILES string of the molecule is Cc1ccc2ncnc(N(C)CC3(O)CCOCC3)c2c1. The van der Waals surface area contributed by atoms with Gasteiger partial charge in [-0.3, -0.25) is 0 Å². The maximum atomic E-state index is 10.7. The van der Waals surface area contributed by atoms with Gasteiger partial charge in [-0.25, -0.2) is 9.97 Å². The summed E-state index contributed by atoms with van der Waals surface area (Å²) in [6, 6.07) is 6.15. The van der Waals surface area contributed by atoms with Crippen LogP contribution in [0.5, 0.6) is 0 Å². The highest BCUT2D eigenvalue weighted by atomic mass is 16.5. The van der Waals surface area contributed by atoms with E-state index in [2.05, 4.69) is 23.0 Å². The van der Waals surface area contributed by atoms with Crippen molar-refractivity contribution in [3.8, 4) is 0 Å². The Kier molecular flexibility index (Phi) is 3.78. The average Bonchev–Trinajstić information content (AvgIpc) is 2.46. The Morgan fingerprint density at radius 1 is 1.29 bits per heavy atom. The van der Waals surface area contributed by atoms with Gasteiger partial charge in [-0.1, -0.05) is 11.6 Å². The second-order valence-electron chi connectivity index (χ2n) is 5.91. The van der Waals surface area contributed by atoms with Crippen LogP contribution in [0.15, 0.2) is 24.5 Å². The molecular formula is C16H21N3O2. The molecule has 0 radical (unpaired) electrons. The summed E-state index contributed by atoms with van der Waals surface area (Å²) in [5, 5.41) is 11.7. The van der Waals surface area contributed by atoms with Crippen LogP contribution in [0.4, 0.5) is 5.82 Å². The van der Waals surface area contributed by atoms with E-state index in [9.17, 15) is 5.11 Å². The molecule has 5 heteroatoms. The first-order valence-corrected chi connectivity index (χ1v) is 7.30. The number of rotatable bonds is 3. The number of benzene rings is 1. The van der Waals surface area contributed by atoms with Crippen molar-refractivity contribution in [3.05, 3.63) is 30.1 Å². The lowest BCUT2D eigenvalue weighted by Crippen LogP contribution is -2.46. The summed E-state index contributed by atoms with van der Waals surface area (Å²) in [7, 11) is 1.97. The van der Waals surface area contributed by atoms with Crippen molar-refractivity contribution < 1.29 is 9.84 Å². The highest BCUT2D eigenvalue weighted by Crippen LogP contribution is 2.27. The van der Waals surface area contributed by atoms with Crippen molar-refractivity contribution in [2.75, 3.05) is 31.7 Å². The molecule has 5 nitrogen and oxygen atoms in total. The van der Waals surface area contributed by atoms with Gasteiger partial charge in [-0.15, -0.1) is 0 Å². The van der Waals surface area contributed by atoms with E-state index in [1.54, 1.807) is 6.33 Å². The van der Waals surface area contributed by atoms with Gasteiger partial charge in [0.2, 0.25) is 0 Å². The van der Waals surface area contributed by atoms with Gasteiger partial charge < -0.3 is 14.7 Å². The molecule has 0 unspecified atom stereocenters. The third-order valence-corrected chi connectivity index (χ3v) is 4.09. The Morgan fingerprint density at radius 3 is 2.81 bits per heavy atom. The first-order valence-electron chi connectivity index (χ1n) is 7.30. The number of anilines is 1. The summed E-state index contributed by atoms with van der Waals surface area (Å²) in [5.41, 5.74) is 1.40. The molecule has 1 N–H and O–H groups in total. The maximum absolute atomic E-state index is 10.7. The topological polar surface area (TPSA) is 58.5 Å². The normalized spacial score (nSPS) is 17.9. The van der Waals surface area contributed by atoms with E-state index in [0.29, 0.717) is 32.6 Å². The molecule has 1 saturated heterocycles. The fourth-order valence-corrected chi connectivity index (χ4v) is 2.89. The number of nitrogens with zero attached hydrogens (tertiary/aromatic N) is 3. The van der Waals surface area contributed by atoms with Crippen LogP contribution in [0.25, 0.3) is 10.9 Å². The highest BCUT2D eigenvalue weighted by Gasteiger charge is 2.31. The van der Waals surface area contributed by atoms with Crippen molar-refractivity contribution >= 4 is 16.7 Å². The number of aliphatic hydroxyl groups is 1. The number of aryl methyl sites for hydroxylation is 1. The molecule has 1 fully saturated rings. The minimum absolute atomic E-state index is 0.552. The van der Waals surface area contributed by atoms with E-state index in [0.717, 1.165) is 16.7 Å². The second-order valence-corrected chi connectivity index (χ2v) is 5.91. The zero-order valence-corrected chi connectivity index (χ0v) is 12.5. The van der Waals surface area contributed by atoms with Crippen molar-refractivity contribution in [1.82, 2.24) is 9.97 Å². The average molecular weight is 287 g/mol. The summed E-state index contributed by atoms with van der Waals surface area (Å²) in [5.74, 6) is 0.864. The molecule has 3 rings (SSSR count). The van der Waals surface area contributed by atoms with Gasteiger partial charge in [0.15, 0.2) is 0 Å². The lowest BCUT2D eigenvalue weighted by Gasteiger charge is -2.36. The number of likely N-dealkylation sites (N-methyl/N-ethyl adjacent to an activating group) is 1. The third-order valence-electron chi connectivity index (χ3n) is 4.09. The van der Waals surface area contributed by atoms with Gasteiger partial charge in [0, 0.05) is 45.0 Å². The highest BCUT2D eigenvalue weighted by molar-refractivity contribution is 5.89. The smallest absolute Gasteiger partial charge is 0.139 e. The lowest BCUT2D eigenvalue weighted by atomic mass is 9.94. The molecule has 0 saturated carbocycles. The molecule has 1 aliphatic heterocycles. The summed E-state index contributed by atoms with van der Waals surface area (Å²) in [4.78, 5) is 10.7. The number of fused-ring (bicyclic) bond motifs is 1. The van der Waals surface area contributed by atoms with Crippen molar-refractivity contribution in [2.45, 2.75) is 25.4 Å². The molecule has 112 valence electrons. The monoisotopic (exact) mass is 287 g/mol. The van der Waals surface area contributed by atoms with Crippen LogP contribution in [0.3, 0.4) is 0 Å². The summed E-state index contributed by atoms with van der Waals surface area (Å²) in [6.07, 6.45) is 2.91. The first kappa shape index (κ1) is 14.2. The van der Waals surface area contributed by atoms with Crippen LogP contribution >= 0.6 is 0 Å². The quantitative estimate of drug-likeness (QED) is 0.934. The number of hydrogen-bond donors (Lipinski definition) is 1. The standard InChI is InChI=1S/C16H21N3O2/c1-12-3-4-14-13(9-12)15(18-11-17-14)19(2)10-16(20)5-7-21-8-6-16/h3-4,9,11,20H,5-8,10H2,1-2H3. The van der Waals surface area contributed by atoms with E-state index in [4.69, 9.17) is 4.74 Å². The van der Waals surface area contributed by atoms with E-state index >= 15 is 0 Å². The summed E-state index contributed by atoms with van der Waals surface area (Å²) >= 11 is 0. The fraction of sp³-hybridized carbons (Fsp3) is 0.500. The molecular weight excluding hydrogens is 266 g/mol. The van der Waals surface area contributed by atoms with Crippen LogP contribution in [-0.4, -0.2) is 47.5 Å². The summed E-state index contributed by atoms with van der Waals surface area (Å²) < 4.78 is 5.33. The Morgan fingerprint density at radius 2 is 2.05 bits per heavy atom. The molecule has 2 heterocycles. The van der Waals surface area contributed by atoms with E-state index in [-0.39, 0.29) is 0 Å². The first-order chi connectivity index (χ1) is 10.1.